The first kappa shape index (κ1) is 11.7. The maximum atomic E-state index is 11.5. The average molecular weight is 253 g/mol. The smallest absolute Gasteiger partial charge is 0.351 e. The van der Waals surface area contributed by atoms with Gasteiger partial charge < -0.3 is 9.50 Å². The molecule has 6 heteroatoms. The molecule has 1 aliphatic heterocycles. The van der Waals surface area contributed by atoms with Gasteiger partial charge in [-0.3, -0.25) is 0 Å². The van der Waals surface area contributed by atoms with E-state index in [0.717, 1.165) is 17.5 Å². The van der Waals surface area contributed by atoms with E-state index in [1.54, 1.807) is 0 Å². The first-order chi connectivity index (χ1) is 7.96. The lowest BCUT2D eigenvalue weighted by Crippen LogP contribution is -2.18. The number of fused-ring (bicyclic) bond motifs is 1. The van der Waals surface area contributed by atoms with Gasteiger partial charge in [-0.1, -0.05) is 18.2 Å². The van der Waals surface area contributed by atoms with Crippen molar-refractivity contribution < 1.29 is 17.4 Å². The lowest BCUT2D eigenvalue weighted by molar-refractivity contribution is -0.129. The van der Waals surface area contributed by atoms with Gasteiger partial charge in [0.25, 0.3) is 0 Å². The van der Waals surface area contributed by atoms with Crippen molar-refractivity contribution >= 4 is 21.8 Å². The van der Waals surface area contributed by atoms with Crippen LogP contribution in [0.2, 0.25) is 0 Å². The second-order valence-electron chi connectivity index (χ2n) is 3.72. The van der Waals surface area contributed by atoms with Crippen LogP contribution in [0.4, 0.5) is 5.69 Å². The first-order valence-corrected chi connectivity index (χ1v) is 6.74. The fourth-order valence-corrected chi connectivity index (χ4v) is 1.94. The van der Waals surface area contributed by atoms with Crippen molar-refractivity contribution in [2.24, 2.45) is 0 Å². The molecular weight excluding hydrogens is 242 g/mol. The molecule has 90 valence electrons. The molecule has 0 bridgehead atoms. The summed E-state index contributed by atoms with van der Waals surface area (Å²) in [5, 5.41) is 2.92. The lowest BCUT2D eigenvalue weighted by Gasteiger charge is -2.16. The molecule has 1 N–H and O–H groups in total. The third-order valence-electron chi connectivity index (χ3n) is 2.29. The van der Waals surface area contributed by atoms with Crippen LogP contribution < -0.4 is 5.32 Å². The van der Waals surface area contributed by atoms with Crippen LogP contribution in [0.15, 0.2) is 36.0 Å². The van der Waals surface area contributed by atoms with Gasteiger partial charge in [-0.2, -0.15) is 8.42 Å². The Morgan fingerprint density at radius 1 is 1.35 bits per heavy atom. The van der Waals surface area contributed by atoms with Crippen LogP contribution in [-0.4, -0.2) is 20.6 Å². The van der Waals surface area contributed by atoms with Crippen molar-refractivity contribution in [1.29, 1.82) is 0 Å². The van der Waals surface area contributed by atoms with Crippen LogP contribution >= 0.6 is 0 Å². The Labute approximate surface area is 99.2 Å². The number of carbonyl (C=O) groups is 1. The van der Waals surface area contributed by atoms with Crippen LogP contribution in [0, 0.1) is 0 Å². The van der Waals surface area contributed by atoms with Gasteiger partial charge in [0.2, 0.25) is 0 Å². The van der Waals surface area contributed by atoms with Crippen LogP contribution in [0.1, 0.15) is 5.56 Å². The molecule has 1 aromatic rings. The van der Waals surface area contributed by atoms with Crippen molar-refractivity contribution in [2.45, 2.75) is 6.42 Å². The normalized spacial score (nSPS) is 14.3. The number of carbonyl (C=O) groups excluding carboxylic acids is 1. The molecule has 17 heavy (non-hydrogen) atoms. The van der Waals surface area contributed by atoms with E-state index in [1.807, 2.05) is 24.3 Å². The van der Waals surface area contributed by atoms with Crippen LogP contribution in [0.5, 0.6) is 0 Å². The molecule has 0 unspecified atom stereocenters. The summed E-state index contributed by atoms with van der Waals surface area (Å²) in [6.07, 6.45) is 2.67. The Bertz CT molecular complexity index is 589. The molecule has 0 aliphatic carbocycles. The zero-order valence-electron chi connectivity index (χ0n) is 9.14. The van der Waals surface area contributed by atoms with Crippen molar-refractivity contribution in [3.63, 3.8) is 0 Å². The minimum absolute atomic E-state index is 0.286. The van der Waals surface area contributed by atoms with E-state index in [1.165, 1.54) is 6.20 Å². The van der Waals surface area contributed by atoms with Gasteiger partial charge in [-0.15, -0.1) is 0 Å². The Hall–Kier alpha value is -1.82. The Kier molecular flexibility index (Phi) is 2.89. The summed E-state index contributed by atoms with van der Waals surface area (Å²) in [4.78, 5) is 11.5. The molecule has 0 aromatic heterocycles. The van der Waals surface area contributed by atoms with Gasteiger partial charge >= 0.3 is 16.1 Å². The van der Waals surface area contributed by atoms with Crippen molar-refractivity contribution in [3.05, 3.63) is 41.6 Å². The first-order valence-electron chi connectivity index (χ1n) is 4.93. The van der Waals surface area contributed by atoms with Crippen LogP contribution in [-0.2, 0) is 25.5 Å². The van der Waals surface area contributed by atoms with Gasteiger partial charge in [0.1, 0.15) is 0 Å². The van der Waals surface area contributed by atoms with E-state index in [4.69, 9.17) is 0 Å². The van der Waals surface area contributed by atoms with E-state index in [9.17, 15) is 13.2 Å². The van der Waals surface area contributed by atoms with E-state index in [2.05, 4.69) is 9.50 Å². The van der Waals surface area contributed by atoms with Gasteiger partial charge in [0, 0.05) is 18.3 Å². The van der Waals surface area contributed by atoms with Gasteiger partial charge in [-0.05, 0) is 11.6 Å². The number of hydrogen-bond donors (Lipinski definition) is 1. The van der Waals surface area contributed by atoms with Crippen LogP contribution in [0.3, 0.4) is 0 Å². The number of anilines is 1. The second kappa shape index (κ2) is 4.21. The highest BCUT2D eigenvalue weighted by Crippen LogP contribution is 2.24. The number of benzene rings is 1. The highest BCUT2D eigenvalue weighted by Gasteiger charge is 2.20. The number of nitrogens with one attached hydrogen (secondary N) is 1. The quantitative estimate of drug-likeness (QED) is 0.797. The van der Waals surface area contributed by atoms with E-state index in [-0.39, 0.29) is 5.57 Å². The number of hydrogen-bond acceptors (Lipinski definition) is 5. The average Bonchev–Trinajstić information content (AvgIpc) is 2.26. The summed E-state index contributed by atoms with van der Waals surface area (Å²) in [5.41, 5.74) is 2.12. The predicted molar refractivity (Wildman–Crippen MR) is 62.8 cm³/mol. The largest absolute Gasteiger partial charge is 0.361 e. The Morgan fingerprint density at radius 3 is 2.76 bits per heavy atom. The highest BCUT2D eigenvalue weighted by molar-refractivity contribution is 7.86. The van der Waals surface area contributed by atoms with Crippen LogP contribution in [0.25, 0.3) is 0 Å². The predicted octanol–water partition coefficient (Wildman–Crippen LogP) is 1.04. The minimum Gasteiger partial charge on any atom is -0.361 e. The molecule has 0 spiro atoms. The zero-order chi connectivity index (χ0) is 12.5. The molecule has 1 aliphatic rings. The van der Waals surface area contributed by atoms with Gasteiger partial charge in [0.05, 0.1) is 11.8 Å². The maximum absolute atomic E-state index is 11.5. The molecule has 1 heterocycles. The second-order valence-corrected chi connectivity index (χ2v) is 5.30. The maximum Gasteiger partial charge on any atom is 0.351 e. The highest BCUT2D eigenvalue weighted by atomic mass is 32.2. The molecule has 0 radical (unpaired) electrons. The monoisotopic (exact) mass is 253 g/mol. The fraction of sp³-hybridized carbons (Fsp3) is 0.182. The summed E-state index contributed by atoms with van der Waals surface area (Å²) >= 11 is 0. The molecule has 0 saturated carbocycles. The van der Waals surface area contributed by atoms with E-state index >= 15 is 0 Å². The van der Waals surface area contributed by atoms with Gasteiger partial charge in [-0.25, -0.2) is 4.79 Å². The van der Waals surface area contributed by atoms with Crippen molar-refractivity contribution in [1.82, 2.24) is 0 Å². The fourth-order valence-electron chi connectivity index (χ4n) is 1.56. The molecule has 0 saturated heterocycles. The molecule has 1 aromatic carbocycles. The summed E-state index contributed by atoms with van der Waals surface area (Å²) in [7, 11) is -3.77. The molecule has 0 amide bonds. The van der Waals surface area contributed by atoms with E-state index in [0.29, 0.717) is 6.42 Å². The van der Waals surface area contributed by atoms with E-state index < -0.39 is 16.1 Å². The van der Waals surface area contributed by atoms with Crippen molar-refractivity contribution in [2.75, 3.05) is 11.6 Å². The molecule has 0 atom stereocenters. The Balaban J connectivity index is 2.17. The third-order valence-corrected chi connectivity index (χ3v) is 2.74. The Morgan fingerprint density at radius 2 is 2.06 bits per heavy atom. The van der Waals surface area contributed by atoms with Gasteiger partial charge in [0.15, 0.2) is 0 Å². The summed E-state index contributed by atoms with van der Waals surface area (Å²) in [5.74, 6) is -0.838. The van der Waals surface area contributed by atoms with Crippen molar-refractivity contribution in [3.8, 4) is 0 Å². The third kappa shape index (κ3) is 2.85. The SMILES string of the molecule is CS(=O)(=O)OC(=O)C1=CNc2ccccc2C1. The number of rotatable bonds is 2. The minimum atomic E-state index is -3.77. The molecular formula is C11H11NO4S. The molecule has 0 fully saturated rings. The zero-order valence-corrected chi connectivity index (χ0v) is 9.95. The molecule has 2 rings (SSSR count). The summed E-state index contributed by atoms with van der Waals surface area (Å²) in [6.45, 7) is 0. The standard InChI is InChI=1S/C11H11NO4S/c1-17(14,15)16-11(13)9-6-8-4-2-3-5-10(8)12-7-9/h2-5,7,12H,6H2,1H3. The lowest BCUT2D eigenvalue weighted by atomic mass is 10.0. The molecule has 5 nitrogen and oxygen atoms in total. The summed E-state index contributed by atoms with van der Waals surface area (Å²) in [6, 6.07) is 7.47. The summed E-state index contributed by atoms with van der Waals surface area (Å²) < 4.78 is 26.0. The topological polar surface area (TPSA) is 72.5 Å². The number of para-hydroxylation sites is 1.